The summed E-state index contributed by atoms with van der Waals surface area (Å²) < 4.78 is 64.3. The van der Waals surface area contributed by atoms with Crippen LogP contribution >= 0.6 is 0 Å². The Morgan fingerprint density at radius 1 is 1.06 bits per heavy atom. The summed E-state index contributed by atoms with van der Waals surface area (Å²) in [6, 6.07) is 13.9. The van der Waals surface area contributed by atoms with Gasteiger partial charge in [-0.15, -0.1) is 5.10 Å². The Morgan fingerprint density at radius 3 is 2.45 bits per heavy atom. The van der Waals surface area contributed by atoms with E-state index >= 15 is 0 Å². The first-order valence-corrected chi connectivity index (χ1v) is 16.0. The van der Waals surface area contributed by atoms with Crippen LogP contribution in [0, 0.1) is 12.7 Å². The van der Waals surface area contributed by atoms with Crippen LogP contribution in [-0.2, 0) is 15.8 Å². The zero-order valence-corrected chi connectivity index (χ0v) is 27.3. The number of carbonyl (C=O) groups is 2. The number of carbonyl (C=O) groups excluding carboxylic acids is 2. The molecule has 262 valence electrons. The van der Waals surface area contributed by atoms with Crippen molar-refractivity contribution in [3.8, 4) is 17.0 Å². The van der Waals surface area contributed by atoms with Crippen molar-refractivity contribution in [3.63, 3.8) is 0 Å². The second-order valence-electron chi connectivity index (χ2n) is 13.1. The molecule has 7 rings (SSSR count). The van der Waals surface area contributed by atoms with Gasteiger partial charge >= 0.3 is 6.18 Å². The van der Waals surface area contributed by atoms with Gasteiger partial charge < -0.3 is 26.2 Å². The van der Waals surface area contributed by atoms with Gasteiger partial charge in [-0.1, -0.05) is 0 Å². The molecule has 0 saturated heterocycles. The van der Waals surface area contributed by atoms with Crippen LogP contribution in [0.4, 0.5) is 29.1 Å². The molecule has 1 unspecified atom stereocenters. The Balaban J connectivity index is 1.25. The number of aryl methyl sites for hydroxylation is 1. The highest BCUT2D eigenvalue weighted by Crippen LogP contribution is 2.48. The number of hydrogen-bond acceptors (Lipinski definition) is 9. The Kier molecular flexibility index (Phi) is 8.12. The minimum Gasteiger partial charge on any atom is -0.489 e. The van der Waals surface area contributed by atoms with E-state index in [4.69, 9.17) is 10.5 Å². The molecule has 15 heteroatoms. The molecule has 1 fully saturated rings. The van der Waals surface area contributed by atoms with Crippen molar-refractivity contribution in [1.29, 1.82) is 0 Å². The van der Waals surface area contributed by atoms with Gasteiger partial charge in [-0.2, -0.15) is 18.3 Å². The summed E-state index contributed by atoms with van der Waals surface area (Å²) in [6.45, 7) is 1.53. The Labute approximate surface area is 288 Å². The monoisotopic (exact) mass is 701 g/mol. The summed E-state index contributed by atoms with van der Waals surface area (Å²) in [6.07, 6.45) is -1.65. The zero-order valence-electron chi connectivity index (χ0n) is 27.3. The highest BCUT2D eigenvalue weighted by atomic mass is 19.4. The van der Waals surface area contributed by atoms with Crippen molar-refractivity contribution in [1.82, 2.24) is 25.5 Å². The molecule has 2 atom stereocenters. The number of anilines is 2. The Morgan fingerprint density at radius 2 is 1.80 bits per heavy atom. The predicted octanol–water partition coefficient (Wildman–Crippen LogP) is 5.47. The minimum absolute atomic E-state index is 0.0342. The molecular weight excluding hydrogens is 670 g/mol. The van der Waals surface area contributed by atoms with Crippen molar-refractivity contribution < 1.29 is 37.0 Å². The molecule has 2 aromatic carbocycles. The summed E-state index contributed by atoms with van der Waals surface area (Å²) in [7, 11) is 0. The van der Waals surface area contributed by atoms with Crippen LogP contribution in [0.1, 0.15) is 58.6 Å². The van der Waals surface area contributed by atoms with Crippen molar-refractivity contribution in [2.24, 2.45) is 5.73 Å². The topological polar surface area (TPSA) is 165 Å². The molecule has 0 radical (unpaired) electrons. The molecule has 2 amide bonds. The number of alkyl halides is 3. The lowest BCUT2D eigenvalue weighted by molar-refractivity contribution is -0.265. The van der Waals surface area contributed by atoms with Crippen LogP contribution < -0.4 is 21.1 Å². The van der Waals surface area contributed by atoms with Gasteiger partial charge in [-0.05, 0) is 92.9 Å². The van der Waals surface area contributed by atoms with Gasteiger partial charge in [-0.25, -0.2) is 9.37 Å². The van der Waals surface area contributed by atoms with Crippen molar-refractivity contribution >= 4 is 34.2 Å². The first-order valence-electron chi connectivity index (χ1n) is 16.0. The predicted molar refractivity (Wildman–Crippen MR) is 178 cm³/mol. The fourth-order valence-electron chi connectivity index (χ4n) is 5.98. The van der Waals surface area contributed by atoms with Gasteiger partial charge in [0.15, 0.2) is 5.82 Å². The molecule has 1 aliphatic heterocycles. The van der Waals surface area contributed by atoms with E-state index in [9.17, 15) is 32.3 Å². The van der Waals surface area contributed by atoms with Crippen molar-refractivity contribution in [2.45, 2.75) is 49.8 Å². The standard InChI is InChI=1S/C36H31F4N7O4/c1-18-11-21-12-22(13-26(29(21)42-15-18)44-28-10-9-25(46-47-28)19-3-4-19)32(48)43-16-35(50,36(38,39)40)27-14-24-31(51-17-34(24,2)33(41)49)30(45-27)20-5-7-23(37)8-6-20/h5-15,19,50H,3-4,16-17H2,1-2H3,(H2,41,49)(H,43,48)(H,44,47)/t34-,35?/m0/s1. The quantitative estimate of drug-likeness (QED) is 0.146. The molecule has 0 bridgehead atoms. The molecule has 4 heterocycles. The summed E-state index contributed by atoms with van der Waals surface area (Å²) >= 11 is 0. The average Bonchev–Trinajstić information content (AvgIpc) is 3.89. The first kappa shape index (κ1) is 33.8. The lowest BCUT2D eigenvalue weighted by Crippen LogP contribution is -2.51. The maximum atomic E-state index is 14.9. The van der Waals surface area contributed by atoms with Gasteiger partial charge in [0.1, 0.15) is 29.3 Å². The molecule has 2 aliphatic rings. The molecule has 5 aromatic rings. The third kappa shape index (κ3) is 6.17. The molecule has 11 nitrogen and oxygen atoms in total. The van der Waals surface area contributed by atoms with Crippen LogP contribution in [0.3, 0.4) is 0 Å². The number of hydrogen-bond donors (Lipinski definition) is 4. The number of benzene rings is 2. The number of nitrogens with zero attached hydrogens (tertiary/aromatic N) is 4. The smallest absolute Gasteiger partial charge is 0.424 e. The van der Waals surface area contributed by atoms with Crippen molar-refractivity contribution in [2.75, 3.05) is 18.5 Å². The second kappa shape index (κ2) is 12.3. The number of nitrogens with two attached hydrogens (primary N) is 1. The molecule has 1 aliphatic carbocycles. The number of aromatic nitrogens is 4. The molecule has 51 heavy (non-hydrogen) atoms. The third-order valence-corrected chi connectivity index (χ3v) is 9.26. The van der Waals surface area contributed by atoms with E-state index in [0.717, 1.165) is 42.3 Å². The Bertz CT molecular complexity index is 2190. The van der Waals surface area contributed by atoms with Crippen LogP contribution in [-0.4, -0.2) is 56.4 Å². The normalized spacial score (nSPS) is 18.1. The molecular formula is C36H31F4N7O4. The summed E-state index contributed by atoms with van der Waals surface area (Å²) in [4.78, 5) is 34.7. The second-order valence-corrected chi connectivity index (χ2v) is 13.1. The summed E-state index contributed by atoms with van der Waals surface area (Å²) in [5, 5.41) is 25.8. The Hall–Kier alpha value is -5.70. The van der Waals surface area contributed by atoms with Crippen LogP contribution in [0.5, 0.6) is 5.75 Å². The summed E-state index contributed by atoms with van der Waals surface area (Å²) in [5.41, 5.74) is 1.75. The minimum atomic E-state index is -5.38. The number of pyridine rings is 2. The van der Waals surface area contributed by atoms with E-state index in [1.807, 2.05) is 6.07 Å². The van der Waals surface area contributed by atoms with E-state index in [-0.39, 0.29) is 34.7 Å². The number of amides is 2. The number of halogens is 4. The maximum Gasteiger partial charge on any atom is 0.424 e. The number of nitrogens with one attached hydrogen (secondary N) is 2. The number of rotatable bonds is 9. The summed E-state index contributed by atoms with van der Waals surface area (Å²) in [5.74, 6) is -1.71. The lowest BCUT2D eigenvalue weighted by atomic mass is 9.81. The zero-order chi connectivity index (χ0) is 36.3. The number of fused-ring (bicyclic) bond motifs is 2. The van der Waals surface area contributed by atoms with Gasteiger partial charge in [0, 0.05) is 34.2 Å². The fourth-order valence-corrected chi connectivity index (χ4v) is 5.98. The number of primary amides is 1. The fraction of sp³-hybridized carbons (Fsp3) is 0.278. The lowest BCUT2D eigenvalue weighted by Gasteiger charge is -2.31. The third-order valence-electron chi connectivity index (χ3n) is 9.26. The SMILES string of the molecule is Cc1cnc2c(Nc3ccc(C4CC4)nn3)cc(C(=O)NCC(O)(c3cc4c(c(-c5ccc(F)cc5)n3)OC[C@]4(C)C(N)=O)C(F)(F)F)cc2c1. The van der Waals surface area contributed by atoms with Crippen LogP contribution in [0.25, 0.3) is 22.2 Å². The van der Waals surface area contributed by atoms with E-state index < -0.39 is 47.1 Å². The first-order chi connectivity index (χ1) is 24.2. The molecule has 0 spiro atoms. The largest absolute Gasteiger partial charge is 0.489 e. The maximum absolute atomic E-state index is 14.9. The van der Waals surface area contributed by atoms with Crippen molar-refractivity contribution in [3.05, 3.63) is 101 Å². The number of aliphatic hydroxyl groups is 1. The van der Waals surface area contributed by atoms with Crippen LogP contribution in [0.2, 0.25) is 0 Å². The van der Waals surface area contributed by atoms with E-state index in [0.29, 0.717) is 28.3 Å². The highest BCUT2D eigenvalue weighted by molar-refractivity contribution is 6.03. The molecule has 3 aromatic heterocycles. The highest BCUT2D eigenvalue weighted by Gasteiger charge is 2.57. The van der Waals surface area contributed by atoms with Gasteiger partial charge in [0.25, 0.3) is 5.91 Å². The van der Waals surface area contributed by atoms with E-state index in [1.54, 1.807) is 25.3 Å². The molecule has 5 N–H and O–H groups in total. The van der Waals surface area contributed by atoms with E-state index in [1.165, 1.54) is 31.2 Å². The molecule has 1 saturated carbocycles. The van der Waals surface area contributed by atoms with E-state index in [2.05, 4.69) is 30.8 Å². The van der Waals surface area contributed by atoms with Crippen LogP contribution in [0.15, 0.2) is 66.9 Å². The average molecular weight is 702 g/mol. The van der Waals surface area contributed by atoms with Gasteiger partial charge in [-0.3, -0.25) is 14.6 Å². The van der Waals surface area contributed by atoms with Gasteiger partial charge in [0.2, 0.25) is 11.5 Å². The van der Waals surface area contributed by atoms with Gasteiger partial charge in [0.05, 0.1) is 29.1 Å². The number of ether oxygens (including phenoxy) is 1.